The summed E-state index contributed by atoms with van der Waals surface area (Å²) in [6, 6.07) is 5.51. The second-order valence-electron chi connectivity index (χ2n) is 2.61. The third-order valence-electron chi connectivity index (χ3n) is 1.49. The standard InChI is InChI=1S/C12H9IO2/c1-3-5-14-11-7-10(13)8-12(9-11)15-6-4-2/h1-2,7-9H,5-6H2. The molecule has 0 spiro atoms. The molecule has 0 amide bonds. The number of benzene rings is 1. The Morgan fingerprint density at radius 3 is 1.87 bits per heavy atom. The van der Waals surface area contributed by atoms with Gasteiger partial charge >= 0.3 is 0 Å². The summed E-state index contributed by atoms with van der Waals surface area (Å²) in [5.41, 5.74) is 0. The van der Waals surface area contributed by atoms with Crippen LogP contribution in [0.4, 0.5) is 0 Å². The van der Waals surface area contributed by atoms with Crippen molar-refractivity contribution in [3.05, 3.63) is 21.8 Å². The molecule has 0 aliphatic rings. The summed E-state index contributed by atoms with van der Waals surface area (Å²) >= 11 is 2.17. The predicted molar refractivity (Wildman–Crippen MR) is 67.8 cm³/mol. The van der Waals surface area contributed by atoms with E-state index in [9.17, 15) is 0 Å². The van der Waals surface area contributed by atoms with Crippen molar-refractivity contribution in [2.24, 2.45) is 0 Å². The van der Waals surface area contributed by atoms with Gasteiger partial charge < -0.3 is 9.47 Å². The fourth-order valence-corrected chi connectivity index (χ4v) is 1.57. The third kappa shape index (κ3) is 4.14. The molecule has 0 saturated carbocycles. The minimum absolute atomic E-state index is 0.245. The van der Waals surface area contributed by atoms with E-state index in [-0.39, 0.29) is 13.2 Å². The van der Waals surface area contributed by atoms with Gasteiger partial charge in [-0.25, -0.2) is 0 Å². The highest BCUT2D eigenvalue weighted by Gasteiger charge is 2.00. The number of rotatable bonds is 4. The fourth-order valence-electron chi connectivity index (χ4n) is 0.954. The van der Waals surface area contributed by atoms with Crippen molar-refractivity contribution in [1.29, 1.82) is 0 Å². The number of terminal acetylenes is 2. The van der Waals surface area contributed by atoms with Gasteiger partial charge in [-0.15, -0.1) is 12.8 Å². The Hall–Kier alpha value is -1.33. The van der Waals surface area contributed by atoms with Crippen LogP contribution in [-0.4, -0.2) is 13.2 Å². The summed E-state index contributed by atoms with van der Waals surface area (Å²) in [6.45, 7) is 0.489. The number of hydrogen-bond donors (Lipinski definition) is 0. The molecule has 0 fully saturated rings. The highest BCUT2D eigenvalue weighted by Crippen LogP contribution is 2.23. The first-order valence-corrected chi connectivity index (χ1v) is 5.27. The second kappa shape index (κ2) is 6.21. The maximum Gasteiger partial charge on any atom is 0.148 e. The monoisotopic (exact) mass is 312 g/mol. The number of hydrogen-bond acceptors (Lipinski definition) is 2. The smallest absolute Gasteiger partial charge is 0.148 e. The van der Waals surface area contributed by atoms with E-state index in [1.807, 2.05) is 12.1 Å². The molecule has 0 bridgehead atoms. The molecule has 0 atom stereocenters. The predicted octanol–water partition coefficient (Wildman–Crippen LogP) is 2.32. The Morgan fingerprint density at radius 1 is 1.00 bits per heavy atom. The van der Waals surface area contributed by atoms with Crippen molar-refractivity contribution in [2.75, 3.05) is 13.2 Å². The lowest BCUT2D eigenvalue weighted by Gasteiger charge is -2.07. The van der Waals surface area contributed by atoms with Crippen LogP contribution in [0.3, 0.4) is 0 Å². The van der Waals surface area contributed by atoms with Crippen LogP contribution in [0.25, 0.3) is 0 Å². The molecule has 3 heteroatoms. The zero-order valence-corrected chi connectivity index (χ0v) is 10.2. The van der Waals surface area contributed by atoms with Crippen molar-refractivity contribution in [1.82, 2.24) is 0 Å². The average Bonchev–Trinajstić information content (AvgIpc) is 2.23. The highest BCUT2D eigenvalue weighted by atomic mass is 127. The van der Waals surface area contributed by atoms with Gasteiger partial charge in [0.25, 0.3) is 0 Å². The maximum atomic E-state index is 5.28. The lowest BCUT2D eigenvalue weighted by atomic mass is 10.3. The van der Waals surface area contributed by atoms with Crippen LogP contribution < -0.4 is 9.47 Å². The molecule has 0 radical (unpaired) electrons. The van der Waals surface area contributed by atoms with Crippen molar-refractivity contribution >= 4 is 22.6 Å². The Kier molecular flexibility index (Phi) is 4.86. The molecule has 1 aromatic carbocycles. The van der Waals surface area contributed by atoms with E-state index >= 15 is 0 Å². The van der Waals surface area contributed by atoms with Crippen LogP contribution in [0, 0.1) is 28.3 Å². The van der Waals surface area contributed by atoms with Gasteiger partial charge in [0.2, 0.25) is 0 Å². The molecular formula is C12H9IO2. The van der Waals surface area contributed by atoms with E-state index in [0.717, 1.165) is 3.57 Å². The minimum Gasteiger partial charge on any atom is -0.481 e. The van der Waals surface area contributed by atoms with E-state index in [4.69, 9.17) is 22.3 Å². The van der Waals surface area contributed by atoms with Crippen molar-refractivity contribution in [3.8, 4) is 36.2 Å². The van der Waals surface area contributed by atoms with E-state index in [1.165, 1.54) is 0 Å². The van der Waals surface area contributed by atoms with Gasteiger partial charge in [-0.2, -0.15) is 0 Å². The first-order valence-electron chi connectivity index (χ1n) is 4.19. The van der Waals surface area contributed by atoms with Gasteiger partial charge in [-0.05, 0) is 34.7 Å². The van der Waals surface area contributed by atoms with E-state index < -0.39 is 0 Å². The molecule has 0 aliphatic heterocycles. The van der Waals surface area contributed by atoms with Gasteiger partial charge in [0, 0.05) is 9.64 Å². The van der Waals surface area contributed by atoms with E-state index in [1.54, 1.807) is 6.07 Å². The third-order valence-corrected chi connectivity index (χ3v) is 2.11. The molecule has 0 N–H and O–H groups in total. The largest absolute Gasteiger partial charge is 0.481 e. The Bertz CT molecular complexity index is 376. The minimum atomic E-state index is 0.245. The zero-order chi connectivity index (χ0) is 11.1. The molecule has 0 aliphatic carbocycles. The Labute approximate surface area is 103 Å². The van der Waals surface area contributed by atoms with Crippen LogP contribution >= 0.6 is 22.6 Å². The fraction of sp³-hybridized carbons (Fsp3) is 0.167. The molecule has 0 unspecified atom stereocenters. The number of ether oxygens (including phenoxy) is 2. The second-order valence-corrected chi connectivity index (χ2v) is 3.85. The Morgan fingerprint density at radius 2 is 1.47 bits per heavy atom. The molecule has 15 heavy (non-hydrogen) atoms. The van der Waals surface area contributed by atoms with Gasteiger partial charge in [0.05, 0.1) is 0 Å². The van der Waals surface area contributed by atoms with Crippen LogP contribution in [0.15, 0.2) is 18.2 Å². The maximum absolute atomic E-state index is 5.28. The van der Waals surface area contributed by atoms with Crippen LogP contribution in [-0.2, 0) is 0 Å². The van der Waals surface area contributed by atoms with Gasteiger partial charge in [0.1, 0.15) is 24.7 Å². The topological polar surface area (TPSA) is 18.5 Å². The first-order chi connectivity index (χ1) is 7.26. The van der Waals surface area contributed by atoms with E-state index in [0.29, 0.717) is 11.5 Å². The van der Waals surface area contributed by atoms with Crippen LogP contribution in [0.5, 0.6) is 11.5 Å². The molecule has 1 rings (SSSR count). The highest BCUT2D eigenvalue weighted by molar-refractivity contribution is 14.1. The Balaban J connectivity index is 2.77. The number of halogens is 1. The lowest BCUT2D eigenvalue weighted by Crippen LogP contribution is -1.97. The summed E-state index contributed by atoms with van der Waals surface area (Å²) in [4.78, 5) is 0. The van der Waals surface area contributed by atoms with E-state index in [2.05, 4.69) is 34.4 Å². The molecule has 0 saturated heterocycles. The van der Waals surface area contributed by atoms with Crippen molar-refractivity contribution < 1.29 is 9.47 Å². The summed E-state index contributed by atoms with van der Waals surface area (Å²) < 4.78 is 11.6. The average molecular weight is 312 g/mol. The summed E-state index contributed by atoms with van der Waals surface area (Å²) in [5.74, 6) is 6.17. The summed E-state index contributed by atoms with van der Waals surface area (Å²) in [7, 11) is 0. The van der Waals surface area contributed by atoms with Crippen LogP contribution in [0.2, 0.25) is 0 Å². The molecule has 76 valence electrons. The zero-order valence-electron chi connectivity index (χ0n) is 8.00. The lowest BCUT2D eigenvalue weighted by molar-refractivity contribution is 0.351. The summed E-state index contributed by atoms with van der Waals surface area (Å²) in [5, 5.41) is 0. The van der Waals surface area contributed by atoms with Gasteiger partial charge in [-0.3, -0.25) is 0 Å². The van der Waals surface area contributed by atoms with Crippen molar-refractivity contribution in [2.45, 2.75) is 0 Å². The van der Waals surface area contributed by atoms with Crippen molar-refractivity contribution in [3.63, 3.8) is 0 Å². The quantitative estimate of drug-likeness (QED) is 0.627. The molecule has 0 heterocycles. The molecule has 0 aromatic heterocycles. The normalized spacial score (nSPS) is 8.73. The summed E-state index contributed by atoms with van der Waals surface area (Å²) in [6.07, 6.45) is 10.2. The van der Waals surface area contributed by atoms with Crippen LogP contribution in [0.1, 0.15) is 0 Å². The molecule has 2 nitrogen and oxygen atoms in total. The molecular weight excluding hydrogens is 303 g/mol. The molecule has 1 aromatic rings. The SMILES string of the molecule is C#CCOc1cc(I)cc(OCC#C)c1. The van der Waals surface area contributed by atoms with Gasteiger partial charge in [-0.1, -0.05) is 11.8 Å². The van der Waals surface area contributed by atoms with Gasteiger partial charge in [0.15, 0.2) is 0 Å². The first kappa shape index (κ1) is 11.7.